The van der Waals surface area contributed by atoms with Crippen molar-refractivity contribution in [2.75, 3.05) is 33.8 Å². The zero-order valence-electron chi connectivity index (χ0n) is 21.1. The molecule has 0 bridgehead atoms. The molecule has 38 heavy (non-hydrogen) atoms. The lowest BCUT2D eigenvalue weighted by atomic mass is 10.0. The highest BCUT2D eigenvalue weighted by molar-refractivity contribution is 5.97. The first kappa shape index (κ1) is 30.7. The number of Topliss-reactive ketones (excluding diaryl/α,β-unsaturated/α-hetero) is 1. The summed E-state index contributed by atoms with van der Waals surface area (Å²) in [7, 11) is 3.49. The number of methoxy groups -OCH3 is 1. The molecular formula is C26H31F4N3O5. The van der Waals surface area contributed by atoms with Gasteiger partial charge in [0, 0.05) is 45.4 Å². The van der Waals surface area contributed by atoms with Gasteiger partial charge in [-0.3, -0.25) is 9.69 Å². The third kappa shape index (κ3) is 10.1. The number of ether oxygens (including phenoxy) is 1. The molecule has 1 saturated heterocycles. The monoisotopic (exact) mass is 541 g/mol. The quantitative estimate of drug-likeness (QED) is 0.386. The Balaban J connectivity index is 0.000000638. The number of hydrogen-bond donors (Lipinski definition) is 2. The normalized spacial score (nSPS) is 14.3. The number of likely N-dealkylation sites (tertiary alicyclic amines) is 1. The minimum absolute atomic E-state index is 0.0129. The van der Waals surface area contributed by atoms with Gasteiger partial charge in [-0.25, -0.2) is 14.0 Å². The van der Waals surface area contributed by atoms with Crippen molar-refractivity contribution in [3.05, 3.63) is 71.0 Å². The number of urea groups is 1. The maximum Gasteiger partial charge on any atom is 0.490 e. The Morgan fingerprint density at radius 3 is 2.05 bits per heavy atom. The number of halogens is 4. The summed E-state index contributed by atoms with van der Waals surface area (Å²) in [5.74, 6) is -3.12. The lowest BCUT2D eigenvalue weighted by Crippen LogP contribution is -2.49. The Labute approximate surface area is 218 Å². The first-order valence-electron chi connectivity index (χ1n) is 11.8. The van der Waals surface area contributed by atoms with Gasteiger partial charge in [-0.1, -0.05) is 24.3 Å². The van der Waals surface area contributed by atoms with Gasteiger partial charge in [0.1, 0.15) is 5.82 Å². The van der Waals surface area contributed by atoms with Crippen LogP contribution in [0.1, 0.15) is 34.3 Å². The third-order valence-corrected chi connectivity index (χ3v) is 5.98. The number of ketones is 1. The Kier molecular flexibility index (Phi) is 11.7. The summed E-state index contributed by atoms with van der Waals surface area (Å²) in [5, 5.41) is 10.1. The third-order valence-electron chi connectivity index (χ3n) is 5.98. The standard InChI is InChI=1S/C24H30FN3O3.C2HF3O2/c1-27(24(30)26-15-18-3-5-19(6-4-18)17-31-2)22-11-13-28(14-12-22)16-23(29)20-7-9-21(25)10-8-20;3-2(4,5)1(6)7/h3-10,22H,11-17H2,1-2H3,(H,26,30);(H,6,7). The molecule has 2 aromatic rings. The maximum absolute atomic E-state index is 13.0. The molecule has 1 aliphatic rings. The summed E-state index contributed by atoms with van der Waals surface area (Å²) >= 11 is 0. The summed E-state index contributed by atoms with van der Waals surface area (Å²) in [6, 6.07) is 13.7. The molecule has 0 aliphatic carbocycles. The molecule has 1 heterocycles. The van der Waals surface area contributed by atoms with Crippen molar-refractivity contribution >= 4 is 17.8 Å². The van der Waals surface area contributed by atoms with Gasteiger partial charge < -0.3 is 20.1 Å². The van der Waals surface area contributed by atoms with Gasteiger partial charge in [-0.15, -0.1) is 0 Å². The number of carbonyl (C=O) groups excluding carboxylic acids is 2. The number of piperidine rings is 1. The molecule has 0 atom stereocenters. The van der Waals surface area contributed by atoms with Gasteiger partial charge in [0.2, 0.25) is 0 Å². The van der Waals surface area contributed by atoms with Crippen LogP contribution < -0.4 is 5.32 Å². The van der Waals surface area contributed by atoms with Gasteiger partial charge in [0.05, 0.1) is 13.2 Å². The molecule has 0 unspecified atom stereocenters. The molecule has 0 saturated carbocycles. The number of aliphatic carboxylic acids is 1. The van der Waals surface area contributed by atoms with Crippen LogP contribution in [0.3, 0.4) is 0 Å². The van der Waals surface area contributed by atoms with Gasteiger partial charge in [-0.2, -0.15) is 13.2 Å². The van der Waals surface area contributed by atoms with E-state index in [9.17, 15) is 27.2 Å². The number of benzene rings is 2. The lowest BCUT2D eigenvalue weighted by molar-refractivity contribution is -0.192. The smallest absolute Gasteiger partial charge is 0.475 e. The van der Waals surface area contributed by atoms with E-state index in [0.29, 0.717) is 25.3 Å². The summed E-state index contributed by atoms with van der Waals surface area (Å²) < 4.78 is 49.9. The predicted molar refractivity (Wildman–Crippen MR) is 131 cm³/mol. The molecule has 12 heteroatoms. The second-order valence-electron chi connectivity index (χ2n) is 8.76. The van der Waals surface area contributed by atoms with Crippen molar-refractivity contribution in [3.63, 3.8) is 0 Å². The van der Waals surface area contributed by atoms with Crippen molar-refractivity contribution in [1.82, 2.24) is 15.1 Å². The van der Waals surface area contributed by atoms with Crippen molar-refractivity contribution in [3.8, 4) is 0 Å². The van der Waals surface area contributed by atoms with E-state index in [1.54, 1.807) is 12.0 Å². The fourth-order valence-corrected chi connectivity index (χ4v) is 3.78. The zero-order chi connectivity index (χ0) is 28.3. The number of carboxylic acid groups (broad SMARTS) is 1. The first-order chi connectivity index (χ1) is 17.9. The minimum atomic E-state index is -5.08. The zero-order valence-corrected chi connectivity index (χ0v) is 21.1. The molecule has 0 spiro atoms. The summed E-state index contributed by atoms with van der Waals surface area (Å²) in [4.78, 5) is 37.7. The molecule has 1 fully saturated rings. The largest absolute Gasteiger partial charge is 0.490 e. The highest BCUT2D eigenvalue weighted by Crippen LogP contribution is 2.17. The molecule has 2 N–H and O–H groups in total. The van der Waals surface area contributed by atoms with E-state index in [4.69, 9.17) is 14.6 Å². The summed E-state index contributed by atoms with van der Waals surface area (Å²) in [5.41, 5.74) is 2.66. The van der Waals surface area contributed by atoms with E-state index in [1.807, 2.05) is 31.3 Å². The molecule has 2 amide bonds. The average Bonchev–Trinajstić information content (AvgIpc) is 2.88. The van der Waals surface area contributed by atoms with E-state index >= 15 is 0 Å². The van der Waals surface area contributed by atoms with E-state index in [0.717, 1.165) is 37.1 Å². The molecule has 2 aromatic carbocycles. The Bertz CT molecular complexity index is 1050. The van der Waals surface area contributed by atoms with Gasteiger partial charge >= 0.3 is 18.2 Å². The van der Waals surface area contributed by atoms with Gasteiger partial charge in [0.15, 0.2) is 5.78 Å². The van der Waals surface area contributed by atoms with Crippen LogP contribution in [0.2, 0.25) is 0 Å². The van der Waals surface area contributed by atoms with E-state index in [2.05, 4.69) is 10.2 Å². The fourth-order valence-electron chi connectivity index (χ4n) is 3.78. The number of amides is 2. The Morgan fingerprint density at radius 2 is 1.55 bits per heavy atom. The van der Waals surface area contributed by atoms with Crippen molar-refractivity contribution < 1.29 is 41.8 Å². The number of nitrogens with zero attached hydrogens (tertiary/aromatic N) is 2. The van der Waals surface area contributed by atoms with Crippen LogP contribution >= 0.6 is 0 Å². The van der Waals surface area contributed by atoms with Crippen LogP contribution in [0, 0.1) is 5.82 Å². The molecular weight excluding hydrogens is 510 g/mol. The molecule has 3 rings (SSSR count). The van der Waals surface area contributed by atoms with Gasteiger partial charge in [-0.05, 0) is 48.2 Å². The van der Waals surface area contributed by atoms with E-state index in [1.165, 1.54) is 24.3 Å². The van der Waals surface area contributed by atoms with Crippen LogP contribution in [0.5, 0.6) is 0 Å². The number of alkyl halides is 3. The van der Waals surface area contributed by atoms with E-state index < -0.39 is 12.1 Å². The van der Waals surface area contributed by atoms with Crippen molar-refractivity contribution in [2.45, 2.75) is 38.2 Å². The average molecular weight is 542 g/mol. The highest BCUT2D eigenvalue weighted by atomic mass is 19.4. The van der Waals surface area contributed by atoms with E-state index in [-0.39, 0.29) is 23.7 Å². The van der Waals surface area contributed by atoms with Crippen LogP contribution in [0.25, 0.3) is 0 Å². The number of hydrogen-bond acceptors (Lipinski definition) is 5. The fraction of sp³-hybridized carbons (Fsp3) is 0.423. The van der Waals surface area contributed by atoms with Crippen LogP contribution in [-0.2, 0) is 22.7 Å². The van der Waals surface area contributed by atoms with Crippen molar-refractivity contribution in [2.24, 2.45) is 0 Å². The molecule has 0 aromatic heterocycles. The Hall–Kier alpha value is -3.51. The van der Waals surface area contributed by atoms with Crippen LogP contribution in [0.15, 0.2) is 48.5 Å². The first-order valence-corrected chi connectivity index (χ1v) is 11.8. The summed E-state index contributed by atoms with van der Waals surface area (Å²) in [6.45, 7) is 2.85. The number of carboxylic acids is 1. The lowest BCUT2D eigenvalue weighted by Gasteiger charge is -2.36. The maximum atomic E-state index is 13.0. The second-order valence-corrected chi connectivity index (χ2v) is 8.76. The van der Waals surface area contributed by atoms with Gasteiger partial charge in [0.25, 0.3) is 0 Å². The second kappa shape index (κ2) is 14.4. The van der Waals surface area contributed by atoms with Crippen molar-refractivity contribution in [1.29, 1.82) is 0 Å². The number of nitrogens with one attached hydrogen (secondary N) is 1. The minimum Gasteiger partial charge on any atom is -0.475 e. The predicted octanol–water partition coefficient (Wildman–Crippen LogP) is 4.09. The highest BCUT2D eigenvalue weighted by Gasteiger charge is 2.38. The topological polar surface area (TPSA) is 99.2 Å². The SMILES string of the molecule is COCc1ccc(CNC(=O)N(C)C2CCN(CC(=O)c3ccc(F)cc3)CC2)cc1.O=C(O)C(F)(F)F. The molecule has 8 nitrogen and oxygen atoms in total. The molecule has 208 valence electrons. The van der Waals surface area contributed by atoms with Crippen LogP contribution in [0.4, 0.5) is 22.4 Å². The van der Waals surface area contributed by atoms with Crippen LogP contribution in [-0.4, -0.2) is 78.7 Å². The number of rotatable bonds is 8. The molecule has 0 radical (unpaired) electrons. The summed E-state index contributed by atoms with van der Waals surface area (Å²) in [6.07, 6.45) is -3.46. The Morgan fingerprint density at radius 1 is 1.03 bits per heavy atom. The molecule has 1 aliphatic heterocycles. The number of carbonyl (C=O) groups is 3.